The topological polar surface area (TPSA) is 58.2 Å². The smallest absolute Gasteiger partial charge is 0.263 e. The van der Waals surface area contributed by atoms with Crippen LogP contribution in [0.1, 0.15) is 20.0 Å². The molecule has 0 radical (unpaired) electrons. The van der Waals surface area contributed by atoms with E-state index in [0.29, 0.717) is 21.2 Å². The summed E-state index contributed by atoms with van der Waals surface area (Å²) in [5.74, 6) is -0.522. The second-order valence-electron chi connectivity index (χ2n) is 5.27. The third kappa shape index (κ3) is 4.47. The highest BCUT2D eigenvalue weighted by Gasteiger charge is 2.23. The minimum Gasteiger partial charge on any atom is -0.359 e. The highest BCUT2D eigenvalue weighted by atomic mass is 35.5. The number of rotatable bonds is 6. The van der Waals surface area contributed by atoms with Crippen LogP contribution < -0.4 is 10.6 Å². The zero-order valence-electron chi connectivity index (χ0n) is 13.1. The lowest BCUT2D eigenvalue weighted by Crippen LogP contribution is -2.46. The molecular formula is C19H15ClN2O2S. The Bertz CT molecular complexity index is 849. The summed E-state index contributed by atoms with van der Waals surface area (Å²) in [5, 5.41) is 8.23. The fraction of sp³-hybridized carbons (Fsp3) is 0.0526. The summed E-state index contributed by atoms with van der Waals surface area (Å²) in [7, 11) is 0. The van der Waals surface area contributed by atoms with Crippen molar-refractivity contribution in [3.8, 4) is 0 Å². The molecule has 0 unspecified atom stereocenters. The molecule has 2 aromatic carbocycles. The van der Waals surface area contributed by atoms with Gasteiger partial charge in [-0.3, -0.25) is 9.59 Å². The van der Waals surface area contributed by atoms with Gasteiger partial charge >= 0.3 is 0 Å². The van der Waals surface area contributed by atoms with Crippen molar-refractivity contribution in [2.75, 3.05) is 5.32 Å². The lowest BCUT2D eigenvalue weighted by Gasteiger charge is -2.20. The number of ketones is 1. The maximum atomic E-state index is 12.8. The molecule has 2 N–H and O–H groups in total. The Hall–Kier alpha value is -2.63. The van der Waals surface area contributed by atoms with Crippen molar-refractivity contribution >= 4 is 40.3 Å². The molecule has 25 heavy (non-hydrogen) atoms. The zero-order chi connectivity index (χ0) is 17.6. The summed E-state index contributed by atoms with van der Waals surface area (Å²) in [5.41, 5.74) is 1.20. The number of benzene rings is 2. The van der Waals surface area contributed by atoms with Crippen LogP contribution in [-0.2, 0) is 0 Å². The van der Waals surface area contributed by atoms with E-state index in [1.165, 1.54) is 11.3 Å². The van der Waals surface area contributed by atoms with Gasteiger partial charge in [-0.1, -0.05) is 48.0 Å². The molecule has 4 nitrogen and oxygen atoms in total. The molecule has 0 aliphatic carbocycles. The van der Waals surface area contributed by atoms with Crippen molar-refractivity contribution in [1.29, 1.82) is 0 Å². The first-order chi connectivity index (χ1) is 12.1. The molecule has 0 aliphatic heterocycles. The van der Waals surface area contributed by atoms with Gasteiger partial charge < -0.3 is 10.6 Å². The average Bonchev–Trinajstić information content (AvgIpc) is 3.18. The van der Waals surface area contributed by atoms with Crippen molar-refractivity contribution in [3.05, 3.63) is 87.6 Å². The highest BCUT2D eigenvalue weighted by molar-refractivity contribution is 7.12. The fourth-order valence-electron chi connectivity index (χ4n) is 2.26. The van der Waals surface area contributed by atoms with Crippen LogP contribution in [0.4, 0.5) is 5.69 Å². The summed E-state index contributed by atoms with van der Waals surface area (Å²) in [6.07, 6.45) is -0.891. The average molecular weight is 371 g/mol. The normalized spacial score (nSPS) is 11.6. The summed E-state index contributed by atoms with van der Waals surface area (Å²) < 4.78 is 0. The van der Waals surface area contributed by atoms with Gasteiger partial charge in [0.25, 0.3) is 5.91 Å². The van der Waals surface area contributed by atoms with Gasteiger partial charge in [0.15, 0.2) is 6.17 Å². The first kappa shape index (κ1) is 17.2. The first-order valence-electron chi connectivity index (χ1n) is 7.59. The number of thiophene rings is 1. The van der Waals surface area contributed by atoms with E-state index in [9.17, 15) is 9.59 Å². The number of hydrogen-bond donors (Lipinski definition) is 2. The second-order valence-corrected chi connectivity index (χ2v) is 6.65. The van der Waals surface area contributed by atoms with Crippen LogP contribution in [-0.4, -0.2) is 17.9 Å². The predicted molar refractivity (Wildman–Crippen MR) is 101 cm³/mol. The maximum Gasteiger partial charge on any atom is 0.263 e. The molecule has 6 heteroatoms. The Balaban J connectivity index is 1.83. The number of anilines is 1. The highest BCUT2D eigenvalue weighted by Crippen LogP contribution is 2.16. The molecule has 0 fully saturated rings. The number of amides is 1. The van der Waals surface area contributed by atoms with E-state index in [-0.39, 0.29) is 11.7 Å². The molecule has 0 saturated carbocycles. The van der Waals surface area contributed by atoms with Gasteiger partial charge in [0.2, 0.25) is 5.78 Å². The van der Waals surface area contributed by atoms with Gasteiger partial charge in [0, 0.05) is 16.3 Å². The standard InChI is InChI=1S/C19H15ClN2O2S/c20-14-8-10-15(11-9-14)21-18(17(23)13-5-2-1-3-6-13)22-19(24)16-7-4-12-25-16/h1-12,18,21H,(H,22,24)/t18-/m0/s1. The third-order valence-corrected chi connectivity index (χ3v) is 4.62. The second kappa shape index (κ2) is 7.96. The van der Waals surface area contributed by atoms with E-state index in [1.54, 1.807) is 60.7 Å². The summed E-state index contributed by atoms with van der Waals surface area (Å²) in [4.78, 5) is 25.7. The predicted octanol–water partition coefficient (Wildman–Crippen LogP) is 4.45. The minimum atomic E-state index is -0.891. The molecule has 126 valence electrons. The van der Waals surface area contributed by atoms with Crippen molar-refractivity contribution in [2.45, 2.75) is 6.17 Å². The van der Waals surface area contributed by atoms with Crippen molar-refractivity contribution in [2.24, 2.45) is 0 Å². The van der Waals surface area contributed by atoms with Crippen LogP contribution in [0.3, 0.4) is 0 Å². The number of nitrogens with one attached hydrogen (secondary N) is 2. The van der Waals surface area contributed by atoms with Crippen LogP contribution in [0.2, 0.25) is 5.02 Å². The maximum absolute atomic E-state index is 12.8. The van der Waals surface area contributed by atoms with Crippen LogP contribution in [0.5, 0.6) is 0 Å². The van der Waals surface area contributed by atoms with Crippen molar-refractivity contribution in [1.82, 2.24) is 5.32 Å². The molecule has 1 atom stereocenters. The lowest BCUT2D eigenvalue weighted by atomic mass is 10.1. The Labute approximate surface area is 154 Å². The SMILES string of the molecule is O=C(N[C@H](Nc1ccc(Cl)cc1)C(=O)c1ccccc1)c1cccs1. The molecule has 0 bridgehead atoms. The molecular weight excluding hydrogens is 356 g/mol. The summed E-state index contributed by atoms with van der Waals surface area (Å²) in [6.45, 7) is 0. The summed E-state index contributed by atoms with van der Waals surface area (Å²) in [6, 6.07) is 19.3. The van der Waals surface area contributed by atoms with Gasteiger partial charge in [0.1, 0.15) is 0 Å². The van der Waals surface area contributed by atoms with Crippen LogP contribution in [0.15, 0.2) is 72.1 Å². The van der Waals surface area contributed by atoms with Crippen LogP contribution >= 0.6 is 22.9 Å². The van der Waals surface area contributed by atoms with E-state index in [2.05, 4.69) is 10.6 Å². The fourth-order valence-corrected chi connectivity index (χ4v) is 3.01. The van der Waals surface area contributed by atoms with Crippen LogP contribution in [0.25, 0.3) is 0 Å². The van der Waals surface area contributed by atoms with Gasteiger partial charge in [-0.2, -0.15) is 0 Å². The Morgan fingerprint density at radius 2 is 1.64 bits per heavy atom. The van der Waals surface area contributed by atoms with E-state index in [1.807, 2.05) is 11.4 Å². The van der Waals surface area contributed by atoms with E-state index in [0.717, 1.165) is 0 Å². The van der Waals surface area contributed by atoms with E-state index in [4.69, 9.17) is 11.6 Å². The number of carbonyl (C=O) groups is 2. The first-order valence-corrected chi connectivity index (χ1v) is 8.85. The minimum absolute atomic E-state index is 0.222. The number of carbonyl (C=O) groups excluding carboxylic acids is 2. The molecule has 0 saturated heterocycles. The van der Waals surface area contributed by atoms with Gasteiger partial charge in [-0.25, -0.2) is 0 Å². The van der Waals surface area contributed by atoms with E-state index < -0.39 is 6.17 Å². The third-order valence-electron chi connectivity index (χ3n) is 3.50. The lowest BCUT2D eigenvalue weighted by molar-refractivity contribution is 0.0872. The Morgan fingerprint density at radius 3 is 2.28 bits per heavy atom. The van der Waals surface area contributed by atoms with E-state index >= 15 is 0 Å². The van der Waals surface area contributed by atoms with Crippen molar-refractivity contribution in [3.63, 3.8) is 0 Å². The molecule has 0 spiro atoms. The van der Waals surface area contributed by atoms with Gasteiger partial charge in [-0.05, 0) is 35.7 Å². The van der Waals surface area contributed by atoms with Gasteiger partial charge in [0.05, 0.1) is 4.88 Å². The van der Waals surface area contributed by atoms with Crippen molar-refractivity contribution < 1.29 is 9.59 Å². The quantitative estimate of drug-likeness (QED) is 0.497. The molecule has 1 heterocycles. The molecule has 3 aromatic rings. The number of Topliss-reactive ketones (excluding diaryl/α,β-unsaturated/α-hetero) is 1. The molecule has 1 aromatic heterocycles. The summed E-state index contributed by atoms with van der Waals surface area (Å²) >= 11 is 7.22. The largest absolute Gasteiger partial charge is 0.359 e. The zero-order valence-corrected chi connectivity index (χ0v) is 14.7. The molecule has 1 amide bonds. The monoisotopic (exact) mass is 370 g/mol. The number of halogens is 1. The van der Waals surface area contributed by atoms with Gasteiger partial charge in [-0.15, -0.1) is 11.3 Å². The Morgan fingerprint density at radius 1 is 0.920 bits per heavy atom. The molecule has 0 aliphatic rings. The Kier molecular flexibility index (Phi) is 5.48. The van der Waals surface area contributed by atoms with Crippen LogP contribution in [0, 0.1) is 0 Å². The molecule has 3 rings (SSSR count). The number of hydrogen-bond acceptors (Lipinski definition) is 4.